The molecule has 4 nitrogen and oxygen atoms in total. The number of rotatable bonds is 9. The molecule has 3 rings (SSSR count). The van der Waals surface area contributed by atoms with Crippen LogP contribution in [0.4, 0.5) is 0 Å². The lowest BCUT2D eigenvalue weighted by molar-refractivity contribution is -0.124. The normalized spacial score (nSPS) is 18.4. The van der Waals surface area contributed by atoms with Crippen molar-refractivity contribution >= 4 is 35.1 Å². The number of amides is 1. The van der Waals surface area contributed by atoms with Gasteiger partial charge in [-0.1, -0.05) is 29.8 Å². The van der Waals surface area contributed by atoms with Crippen LogP contribution < -0.4 is 10.1 Å². The second kappa shape index (κ2) is 9.81. The van der Waals surface area contributed by atoms with Gasteiger partial charge >= 0.3 is 0 Å². The molecule has 0 aliphatic heterocycles. The zero-order valence-electron chi connectivity index (χ0n) is 14.9. The van der Waals surface area contributed by atoms with Crippen molar-refractivity contribution in [2.75, 3.05) is 12.4 Å². The Morgan fingerprint density at radius 2 is 1.78 bits per heavy atom. The number of ketones is 1. The van der Waals surface area contributed by atoms with Crippen LogP contribution in [-0.2, 0) is 9.59 Å². The zero-order valence-corrected chi connectivity index (χ0v) is 16.5. The fourth-order valence-electron chi connectivity index (χ4n) is 3.03. The van der Waals surface area contributed by atoms with E-state index in [4.69, 9.17) is 16.3 Å². The summed E-state index contributed by atoms with van der Waals surface area (Å²) >= 11 is 7.39. The molecule has 0 bridgehead atoms. The van der Waals surface area contributed by atoms with E-state index in [-0.39, 0.29) is 24.3 Å². The van der Waals surface area contributed by atoms with Crippen LogP contribution in [0.15, 0.2) is 59.5 Å². The molecule has 0 aromatic heterocycles. The van der Waals surface area contributed by atoms with Gasteiger partial charge in [0.05, 0.1) is 5.75 Å². The van der Waals surface area contributed by atoms with E-state index in [1.54, 1.807) is 36.0 Å². The Bertz CT molecular complexity index is 761. The van der Waals surface area contributed by atoms with Crippen LogP contribution in [0.5, 0.6) is 5.75 Å². The number of benzene rings is 2. The highest BCUT2D eigenvalue weighted by atomic mass is 35.5. The summed E-state index contributed by atoms with van der Waals surface area (Å²) in [5, 5.41) is 3.58. The van der Waals surface area contributed by atoms with Gasteiger partial charge in [-0.2, -0.15) is 0 Å². The predicted molar refractivity (Wildman–Crippen MR) is 108 cm³/mol. The number of hydrogen-bond donors (Lipinski definition) is 1. The molecular weight excluding hydrogens is 382 g/mol. The molecule has 0 saturated heterocycles. The van der Waals surface area contributed by atoms with Crippen LogP contribution in [0.25, 0.3) is 0 Å². The summed E-state index contributed by atoms with van der Waals surface area (Å²) in [7, 11) is 0. The number of ether oxygens (including phenoxy) is 1. The molecule has 6 heteroatoms. The number of carbonyl (C=O) groups excluding carboxylic acids is 2. The monoisotopic (exact) mass is 403 g/mol. The van der Waals surface area contributed by atoms with Gasteiger partial charge in [0, 0.05) is 22.4 Å². The molecule has 1 amide bonds. The highest BCUT2D eigenvalue weighted by molar-refractivity contribution is 8.00. The highest BCUT2D eigenvalue weighted by Crippen LogP contribution is 2.31. The average molecular weight is 404 g/mol. The fourth-order valence-corrected chi connectivity index (χ4v) is 3.95. The van der Waals surface area contributed by atoms with Crippen molar-refractivity contribution in [1.29, 1.82) is 0 Å². The van der Waals surface area contributed by atoms with Crippen LogP contribution in [0.1, 0.15) is 19.3 Å². The molecule has 2 aromatic carbocycles. The van der Waals surface area contributed by atoms with Crippen LogP contribution in [0, 0.1) is 5.92 Å². The summed E-state index contributed by atoms with van der Waals surface area (Å²) in [5.41, 5.74) is 0. The van der Waals surface area contributed by atoms with E-state index in [9.17, 15) is 9.59 Å². The molecule has 0 spiro atoms. The Morgan fingerprint density at radius 3 is 2.48 bits per heavy atom. The summed E-state index contributed by atoms with van der Waals surface area (Å²) < 4.78 is 5.43. The molecule has 0 atom stereocenters. The van der Waals surface area contributed by atoms with E-state index in [1.807, 2.05) is 30.3 Å². The third kappa shape index (κ3) is 6.60. The second-order valence-electron chi connectivity index (χ2n) is 6.69. The van der Waals surface area contributed by atoms with Crippen molar-refractivity contribution in [2.45, 2.75) is 30.2 Å². The minimum atomic E-state index is -0.139. The molecule has 142 valence electrons. The number of Topliss-reactive ketones (excluding diaryl/α,β-unsaturated/α-hetero) is 1. The van der Waals surface area contributed by atoms with Crippen molar-refractivity contribution in [3.8, 4) is 5.75 Å². The molecule has 27 heavy (non-hydrogen) atoms. The third-order valence-corrected chi connectivity index (χ3v) is 5.77. The maximum Gasteiger partial charge on any atom is 0.258 e. The average Bonchev–Trinajstić information content (AvgIpc) is 2.65. The van der Waals surface area contributed by atoms with Crippen LogP contribution in [0.2, 0.25) is 5.02 Å². The Morgan fingerprint density at radius 1 is 1.07 bits per heavy atom. The van der Waals surface area contributed by atoms with Crippen molar-refractivity contribution in [1.82, 2.24) is 5.32 Å². The SMILES string of the molecule is O=C(CSc1ccccc1)CC1CC(NC(=O)COc2ccc(Cl)cc2)C1. The van der Waals surface area contributed by atoms with Crippen LogP contribution >= 0.6 is 23.4 Å². The molecule has 0 unspecified atom stereocenters. The van der Waals surface area contributed by atoms with Gasteiger partial charge in [0.1, 0.15) is 11.5 Å². The quantitative estimate of drug-likeness (QED) is 0.632. The fraction of sp³-hybridized carbons (Fsp3) is 0.333. The van der Waals surface area contributed by atoms with Crippen molar-refractivity contribution in [3.05, 3.63) is 59.6 Å². The smallest absolute Gasteiger partial charge is 0.258 e. The molecule has 1 aliphatic carbocycles. The van der Waals surface area contributed by atoms with Crippen molar-refractivity contribution in [2.24, 2.45) is 5.92 Å². The van der Waals surface area contributed by atoms with E-state index in [1.165, 1.54) is 0 Å². The lowest BCUT2D eigenvalue weighted by atomic mass is 9.77. The van der Waals surface area contributed by atoms with Gasteiger partial charge in [-0.3, -0.25) is 9.59 Å². The zero-order chi connectivity index (χ0) is 19.1. The van der Waals surface area contributed by atoms with Crippen molar-refractivity contribution in [3.63, 3.8) is 0 Å². The Balaban J connectivity index is 1.28. The number of carbonyl (C=O) groups is 2. The van der Waals surface area contributed by atoms with Gasteiger partial charge in [-0.05, 0) is 55.2 Å². The Labute approximate surface area is 168 Å². The topological polar surface area (TPSA) is 55.4 Å². The molecule has 0 heterocycles. The second-order valence-corrected chi connectivity index (χ2v) is 8.17. The number of thioether (sulfide) groups is 1. The summed E-state index contributed by atoms with van der Waals surface area (Å²) in [6, 6.07) is 17.0. The van der Waals surface area contributed by atoms with Gasteiger partial charge in [0.15, 0.2) is 6.61 Å². The number of hydrogen-bond acceptors (Lipinski definition) is 4. The third-order valence-electron chi connectivity index (χ3n) is 4.44. The summed E-state index contributed by atoms with van der Waals surface area (Å²) in [5.74, 6) is 1.62. The number of halogens is 1. The summed E-state index contributed by atoms with van der Waals surface area (Å²) in [6.45, 7) is -0.0184. The first-order valence-electron chi connectivity index (χ1n) is 8.96. The first-order valence-corrected chi connectivity index (χ1v) is 10.3. The lowest BCUT2D eigenvalue weighted by Gasteiger charge is -2.35. The minimum absolute atomic E-state index is 0.0184. The summed E-state index contributed by atoms with van der Waals surface area (Å²) in [4.78, 5) is 25.2. The van der Waals surface area contributed by atoms with Gasteiger partial charge in [-0.25, -0.2) is 0 Å². The van der Waals surface area contributed by atoms with Gasteiger partial charge in [-0.15, -0.1) is 11.8 Å². The Hall–Kier alpha value is -1.98. The van der Waals surface area contributed by atoms with Gasteiger partial charge in [0.25, 0.3) is 5.91 Å². The van der Waals surface area contributed by atoms with E-state index < -0.39 is 0 Å². The highest BCUT2D eigenvalue weighted by Gasteiger charge is 2.31. The van der Waals surface area contributed by atoms with Crippen LogP contribution in [-0.4, -0.2) is 30.1 Å². The predicted octanol–water partition coefficient (Wildman–Crippen LogP) is 4.37. The lowest BCUT2D eigenvalue weighted by Crippen LogP contribution is -2.46. The summed E-state index contributed by atoms with van der Waals surface area (Å²) in [6.07, 6.45) is 2.30. The maximum atomic E-state index is 12.1. The van der Waals surface area contributed by atoms with Crippen molar-refractivity contribution < 1.29 is 14.3 Å². The molecule has 1 aliphatic rings. The van der Waals surface area contributed by atoms with E-state index in [0.29, 0.717) is 28.9 Å². The van der Waals surface area contributed by atoms with E-state index in [2.05, 4.69) is 5.32 Å². The van der Waals surface area contributed by atoms with Gasteiger partial charge < -0.3 is 10.1 Å². The van der Waals surface area contributed by atoms with Crippen LogP contribution in [0.3, 0.4) is 0 Å². The largest absolute Gasteiger partial charge is 0.484 e. The molecule has 1 fully saturated rings. The van der Waals surface area contributed by atoms with E-state index in [0.717, 1.165) is 17.7 Å². The molecular formula is C21H22ClNO3S. The van der Waals surface area contributed by atoms with E-state index >= 15 is 0 Å². The standard InChI is InChI=1S/C21H22ClNO3S/c22-16-6-8-19(9-7-16)26-13-21(25)23-17-10-15(11-17)12-18(24)14-27-20-4-2-1-3-5-20/h1-9,15,17H,10-14H2,(H,23,25). The molecule has 2 aromatic rings. The molecule has 1 N–H and O–H groups in total. The molecule has 0 radical (unpaired) electrons. The molecule has 1 saturated carbocycles. The minimum Gasteiger partial charge on any atom is -0.484 e. The first-order chi connectivity index (χ1) is 13.1. The number of nitrogens with one attached hydrogen (secondary N) is 1. The maximum absolute atomic E-state index is 12.1. The Kier molecular flexibility index (Phi) is 7.18. The first kappa shape index (κ1) is 19.8. The van der Waals surface area contributed by atoms with Gasteiger partial charge in [0.2, 0.25) is 0 Å².